The fourth-order valence-corrected chi connectivity index (χ4v) is 3.11. The van der Waals surface area contributed by atoms with Gasteiger partial charge in [-0.2, -0.15) is 4.31 Å². The first-order valence-corrected chi connectivity index (χ1v) is 8.04. The van der Waals surface area contributed by atoms with Gasteiger partial charge in [0.1, 0.15) is 11.4 Å². The third-order valence-corrected chi connectivity index (χ3v) is 4.66. The van der Waals surface area contributed by atoms with Gasteiger partial charge in [-0.3, -0.25) is 0 Å². The number of sulfonamides is 1. The molecule has 1 aromatic heterocycles. The second kappa shape index (κ2) is 5.37. The topological polar surface area (TPSA) is 90.8 Å². The average Bonchev–Trinajstić information content (AvgIpc) is 2.37. The molecule has 0 atom stereocenters. The Morgan fingerprint density at radius 1 is 1.30 bits per heavy atom. The Hall–Kier alpha value is -1.67. The molecular weight excluding hydrogens is 282 g/mol. The Kier molecular flexibility index (Phi) is 3.96. The second-order valence-electron chi connectivity index (χ2n) is 4.78. The van der Waals surface area contributed by atoms with Crippen molar-refractivity contribution in [1.82, 2.24) is 9.29 Å². The van der Waals surface area contributed by atoms with Crippen molar-refractivity contribution in [3.8, 4) is 0 Å². The Balaban J connectivity index is 2.24. The number of aromatic nitrogens is 1. The van der Waals surface area contributed by atoms with Gasteiger partial charge in [0.05, 0.1) is 6.26 Å². The summed E-state index contributed by atoms with van der Waals surface area (Å²) in [4.78, 5) is 17.3. The minimum absolute atomic E-state index is 0.181. The lowest BCUT2D eigenvalue weighted by Crippen LogP contribution is -2.49. The van der Waals surface area contributed by atoms with E-state index in [1.807, 2.05) is 4.90 Å². The van der Waals surface area contributed by atoms with Crippen LogP contribution in [0, 0.1) is 6.92 Å². The molecule has 0 radical (unpaired) electrons. The number of piperazine rings is 1. The Labute approximate surface area is 117 Å². The highest BCUT2D eigenvalue weighted by Crippen LogP contribution is 2.22. The van der Waals surface area contributed by atoms with Crippen LogP contribution in [0.3, 0.4) is 0 Å². The molecule has 0 bridgehead atoms. The van der Waals surface area contributed by atoms with E-state index in [2.05, 4.69) is 4.98 Å². The van der Waals surface area contributed by atoms with Gasteiger partial charge in [0, 0.05) is 32.4 Å². The number of rotatable bonds is 3. The lowest BCUT2D eigenvalue weighted by molar-refractivity contribution is 0.0696. The molecule has 1 aliphatic rings. The van der Waals surface area contributed by atoms with Crippen molar-refractivity contribution in [2.75, 3.05) is 37.3 Å². The largest absolute Gasteiger partial charge is 0.478 e. The third kappa shape index (κ3) is 2.91. The van der Waals surface area contributed by atoms with Gasteiger partial charge in [-0.25, -0.2) is 18.2 Å². The lowest BCUT2D eigenvalue weighted by atomic mass is 10.1. The molecule has 2 heterocycles. The maximum atomic E-state index is 11.5. The summed E-state index contributed by atoms with van der Waals surface area (Å²) in [6, 6.07) is 1.65. The normalized spacial score (nSPS) is 17.2. The molecule has 0 unspecified atom stereocenters. The molecule has 0 spiro atoms. The van der Waals surface area contributed by atoms with Gasteiger partial charge in [-0.1, -0.05) is 0 Å². The summed E-state index contributed by atoms with van der Waals surface area (Å²) in [6.45, 7) is 3.27. The fraction of sp³-hybridized carbons (Fsp3) is 0.500. The van der Waals surface area contributed by atoms with E-state index in [9.17, 15) is 18.3 Å². The van der Waals surface area contributed by atoms with Crippen LogP contribution in [0.15, 0.2) is 12.3 Å². The van der Waals surface area contributed by atoms with Crippen molar-refractivity contribution in [3.63, 3.8) is 0 Å². The first-order chi connectivity index (χ1) is 9.30. The zero-order valence-corrected chi connectivity index (χ0v) is 12.2. The molecule has 0 aromatic carbocycles. The zero-order chi connectivity index (χ0) is 14.9. The molecule has 2 rings (SSSR count). The SMILES string of the molecule is Cc1ccnc(N2CCN(S(C)(=O)=O)CC2)c1C(=O)O. The molecule has 1 N–H and O–H groups in total. The van der Waals surface area contributed by atoms with E-state index in [1.165, 1.54) is 10.6 Å². The lowest BCUT2D eigenvalue weighted by Gasteiger charge is -2.34. The van der Waals surface area contributed by atoms with Crippen molar-refractivity contribution in [1.29, 1.82) is 0 Å². The molecule has 110 valence electrons. The maximum Gasteiger partial charge on any atom is 0.339 e. The number of hydrogen-bond donors (Lipinski definition) is 1. The monoisotopic (exact) mass is 299 g/mol. The third-order valence-electron chi connectivity index (χ3n) is 3.36. The first kappa shape index (κ1) is 14.7. The molecule has 1 aromatic rings. The van der Waals surface area contributed by atoms with Crippen LogP contribution in [0.5, 0.6) is 0 Å². The molecule has 0 amide bonds. The van der Waals surface area contributed by atoms with E-state index in [0.29, 0.717) is 37.6 Å². The highest BCUT2D eigenvalue weighted by Gasteiger charge is 2.27. The van der Waals surface area contributed by atoms with Gasteiger partial charge in [0.2, 0.25) is 10.0 Å². The average molecular weight is 299 g/mol. The minimum Gasteiger partial charge on any atom is -0.478 e. The van der Waals surface area contributed by atoms with Crippen LogP contribution in [-0.2, 0) is 10.0 Å². The van der Waals surface area contributed by atoms with E-state index >= 15 is 0 Å². The van der Waals surface area contributed by atoms with Gasteiger partial charge >= 0.3 is 5.97 Å². The molecule has 1 aliphatic heterocycles. The van der Waals surface area contributed by atoms with Crippen molar-refractivity contribution in [2.24, 2.45) is 0 Å². The second-order valence-corrected chi connectivity index (χ2v) is 6.76. The number of aromatic carboxylic acids is 1. The molecule has 0 aliphatic carbocycles. The smallest absolute Gasteiger partial charge is 0.339 e. The fourth-order valence-electron chi connectivity index (χ4n) is 2.28. The predicted molar refractivity (Wildman–Crippen MR) is 74.6 cm³/mol. The van der Waals surface area contributed by atoms with Gasteiger partial charge in [-0.15, -0.1) is 0 Å². The Morgan fingerprint density at radius 2 is 1.90 bits per heavy atom. The molecule has 8 heteroatoms. The van der Waals surface area contributed by atoms with Crippen LogP contribution >= 0.6 is 0 Å². The zero-order valence-electron chi connectivity index (χ0n) is 11.4. The summed E-state index contributed by atoms with van der Waals surface area (Å²) >= 11 is 0. The van der Waals surface area contributed by atoms with E-state index in [0.717, 1.165) is 0 Å². The summed E-state index contributed by atoms with van der Waals surface area (Å²) in [5.41, 5.74) is 0.827. The van der Waals surface area contributed by atoms with Crippen LogP contribution < -0.4 is 4.90 Å². The number of carboxylic acids is 1. The van der Waals surface area contributed by atoms with Crippen LogP contribution in [-0.4, -0.2) is 61.2 Å². The van der Waals surface area contributed by atoms with Gasteiger partial charge in [0.25, 0.3) is 0 Å². The molecular formula is C12H17N3O4S. The summed E-state index contributed by atoms with van der Waals surface area (Å²) in [5.74, 6) is -0.609. The molecule has 1 fully saturated rings. The highest BCUT2D eigenvalue weighted by molar-refractivity contribution is 7.88. The van der Waals surface area contributed by atoms with Crippen LogP contribution in [0.1, 0.15) is 15.9 Å². The molecule has 20 heavy (non-hydrogen) atoms. The molecule has 1 saturated heterocycles. The highest BCUT2D eigenvalue weighted by atomic mass is 32.2. The van der Waals surface area contributed by atoms with Crippen molar-refractivity contribution in [2.45, 2.75) is 6.92 Å². The number of carboxylic acid groups (broad SMARTS) is 1. The summed E-state index contributed by atoms with van der Waals surface area (Å²) in [5, 5.41) is 9.29. The number of nitrogens with zero attached hydrogens (tertiary/aromatic N) is 3. The van der Waals surface area contributed by atoms with Gasteiger partial charge in [-0.05, 0) is 18.6 Å². The number of hydrogen-bond acceptors (Lipinski definition) is 5. The predicted octanol–water partition coefficient (Wildman–Crippen LogP) is 0.170. The summed E-state index contributed by atoms with van der Waals surface area (Å²) < 4.78 is 24.3. The minimum atomic E-state index is -3.20. The summed E-state index contributed by atoms with van der Waals surface area (Å²) in [7, 11) is -3.20. The quantitative estimate of drug-likeness (QED) is 0.855. The Morgan fingerprint density at radius 3 is 2.40 bits per heavy atom. The molecule has 7 nitrogen and oxygen atoms in total. The van der Waals surface area contributed by atoms with Crippen LogP contribution in [0.25, 0.3) is 0 Å². The van der Waals surface area contributed by atoms with Crippen molar-refractivity contribution >= 4 is 21.8 Å². The molecule has 0 saturated carbocycles. The standard InChI is InChI=1S/C12H17N3O4S/c1-9-3-4-13-11(10(9)12(16)17)14-5-7-15(8-6-14)20(2,18)19/h3-4H,5-8H2,1-2H3,(H,16,17). The van der Waals surface area contributed by atoms with Gasteiger partial charge in [0.15, 0.2) is 0 Å². The number of carbonyl (C=O) groups is 1. The maximum absolute atomic E-state index is 11.5. The number of aryl methyl sites for hydroxylation is 1. The first-order valence-electron chi connectivity index (χ1n) is 6.19. The summed E-state index contributed by atoms with van der Waals surface area (Å²) in [6.07, 6.45) is 2.75. The van der Waals surface area contributed by atoms with E-state index in [1.54, 1.807) is 19.2 Å². The van der Waals surface area contributed by atoms with Crippen LogP contribution in [0.4, 0.5) is 5.82 Å². The van der Waals surface area contributed by atoms with Crippen LogP contribution in [0.2, 0.25) is 0 Å². The van der Waals surface area contributed by atoms with Crippen molar-refractivity contribution < 1.29 is 18.3 Å². The van der Waals surface area contributed by atoms with Gasteiger partial charge < -0.3 is 10.0 Å². The van der Waals surface area contributed by atoms with E-state index in [-0.39, 0.29) is 5.56 Å². The number of anilines is 1. The van der Waals surface area contributed by atoms with Crippen molar-refractivity contribution in [3.05, 3.63) is 23.4 Å². The van der Waals surface area contributed by atoms with E-state index in [4.69, 9.17) is 0 Å². The Bertz CT molecular complexity index is 622. The van der Waals surface area contributed by atoms with E-state index < -0.39 is 16.0 Å². The number of pyridine rings is 1.